The third kappa shape index (κ3) is 5.05. The molecule has 0 bridgehead atoms. The molecule has 0 aliphatic rings. The SMILES string of the molecule is CCCN(CCC)c1nc(C)cc(C(=O)NCc2ccccc2)n1. The second kappa shape index (κ2) is 9.01. The second-order valence-electron chi connectivity index (χ2n) is 5.85. The quantitative estimate of drug-likeness (QED) is 0.808. The smallest absolute Gasteiger partial charge is 0.270 e. The topological polar surface area (TPSA) is 58.1 Å². The zero-order chi connectivity index (χ0) is 17.4. The van der Waals surface area contributed by atoms with Crippen LogP contribution >= 0.6 is 0 Å². The van der Waals surface area contributed by atoms with Gasteiger partial charge in [0.2, 0.25) is 5.95 Å². The molecule has 0 unspecified atom stereocenters. The number of aromatic nitrogens is 2. The number of amides is 1. The van der Waals surface area contributed by atoms with Gasteiger partial charge in [-0.05, 0) is 31.4 Å². The Balaban J connectivity index is 2.12. The van der Waals surface area contributed by atoms with Crippen LogP contribution in [0.3, 0.4) is 0 Å². The summed E-state index contributed by atoms with van der Waals surface area (Å²) in [6.07, 6.45) is 2.04. The number of hydrogen-bond acceptors (Lipinski definition) is 4. The molecule has 0 saturated heterocycles. The molecule has 5 nitrogen and oxygen atoms in total. The summed E-state index contributed by atoms with van der Waals surface area (Å²) >= 11 is 0. The van der Waals surface area contributed by atoms with E-state index in [1.807, 2.05) is 37.3 Å². The first-order valence-corrected chi connectivity index (χ1v) is 8.56. The molecule has 2 aromatic rings. The van der Waals surface area contributed by atoms with Crippen LogP contribution in [0.25, 0.3) is 0 Å². The van der Waals surface area contributed by atoms with Gasteiger partial charge in [-0.2, -0.15) is 0 Å². The molecule has 0 saturated carbocycles. The summed E-state index contributed by atoms with van der Waals surface area (Å²) in [5.74, 6) is 0.474. The Morgan fingerprint density at radius 2 is 1.75 bits per heavy atom. The van der Waals surface area contributed by atoms with Crippen molar-refractivity contribution < 1.29 is 4.79 Å². The monoisotopic (exact) mass is 326 g/mol. The number of benzene rings is 1. The van der Waals surface area contributed by atoms with Crippen molar-refractivity contribution in [3.05, 3.63) is 53.3 Å². The van der Waals surface area contributed by atoms with Crippen LogP contribution < -0.4 is 10.2 Å². The molecule has 0 aliphatic carbocycles. The largest absolute Gasteiger partial charge is 0.347 e. The van der Waals surface area contributed by atoms with Crippen molar-refractivity contribution in [1.29, 1.82) is 0 Å². The van der Waals surface area contributed by atoms with Crippen LogP contribution in [-0.4, -0.2) is 29.0 Å². The van der Waals surface area contributed by atoms with Gasteiger partial charge in [-0.1, -0.05) is 44.2 Å². The van der Waals surface area contributed by atoms with E-state index in [9.17, 15) is 4.79 Å². The maximum atomic E-state index is 12.4. The minimum Gasteiger partial charge on any atom is -0.347 e. The number of anilines is 1. The molecule has 1 amide bonds. The standard InChI is InChI=1S/C19H26N4O/c1-4-11-23(12-5-2)19-21-15(3)13-17(22-19)18(24)20-14-16-9-7-6-8-10-16/h6-10,13H,4-5,11-12,14H2,1-3H3,(H,20,24). The average Bonchev–Trinajstić information content (AvgIpc) is 2.60. The number of rotatable bonds is 8. The predicted octanol–water partition coefficient (Wildman–Crippen LogP) is 3.34. The lowest BCUT2D eigenvalue weighted by Gasteiger charge is -2.22. The van der Waals surface area contributed by atoms with Crippen molar-refractivity contribution in [2.45, 2.75) is 40.2 Å². The Kier molecular flexibility index (Phi) is 6.73. The summed E-state index contributed by atoms with van der Waals surface area (Å²) in [4.78, 5) is 23.6. The van der Waals surface area contributed by atoms with Gasteiger partial charge in [0.15, 0.2) is 0 Å². The number of carbonyl (C=O) groups is 1. The van der Waals surface area contributed by atoms with Crippen LogP contribution in [0, 0.1) is 6.92 Å². The molecule has 5 heteroatoms. The Morgan fingerprint density at radius 3 is 2.38 bits per heavy atom. The third-order valence-electron chi connectivity index (χ3n) is 3.64. The molecule has 0 aliphatic heterocycles. The highest BCUT2D eigenvalue weighted by molar-refractivity contribution is 5.92. The molecule has 1 N–H and O–H groups in total. The van der Waals surface area contributed by atoms with Crippen LogP contribution in [0.15, 0.2) is 36.4 Å². The highest BCUT2D eigenvalue weighted by atomic mass is 16.1. The van der Waals surface area contributed by atoms with Gasteiger partial charge in [0.05, 0.1) is 0 Å². The predicted molar refractivity (Wildman–Crippen MR) is 97.2 cm³/mol. The summed E-state index contributed by atoms with van der Waals surface area (Å²) in [6.45, 7) is 8.43. The molecular formula is C19H26N4O. The molecular weight excluding hydrogens is 300 g/mol. The Bertz CT molecular complexity index is 652. The molecule has 1 heterocycles. The van der Waals surface area contributed by atoms with Gasteiger partial charge in [-0.25, -0.2) is 9.97 Å². The van der Waals surface area contributed by atoms with Crippen molar-refractivity contribution in [3.63, 3.8) is 0 Å². The van der Waals surface area contributed by atoms with Crippen LogP contribution in [0.1, 0.15) is 48.4 Å². The normalized spacial score (nSPS) is 10.5. The number of nitrogens with one attached hydrogen (secondary N) is 1. The van der Waals surface area contributed by atoms with E-state index < -0.39 is 0 Å². The van der Waals surface area contributed by atoms with Crippen molar-refractivity contribution in [2.75, 3.05) is 18.0 Å². The summed E-state index contributed by atoms with van der Waals surface area (Å²) < 4.78 is 0. The fraction of sp³-hybridized carbons (Fsp3) is 0.421. The molecule has 24 heavy (non-hydrogen) atoms. The van der Waals surface area contributed by atoms with Crippen molar-refractivity contribution >= 4 is 11.9 Å². The first-order chi connectivity index (χ1) is 11.6. The number of hydrogen-bond donors (Lipinski definition) is 1. The van der Waals surface area contributed by atoms with Crippen molar-refractivity contribution in [3.8, 4) is 0 Å². The van der Waals surface area contributed by atoms with E-state index in [1.54, 1.807) is 6.07 Å². The van der Waals surface area contributed by atoms with Gasteiger partial charge < -0.3 is 10.2 Å². The lowest BCUT2D eigenvalue weighted by atomic mass is 10.2. The second-order valence-corrected chi connectivity index (χ2v) is 5.85. The number of aryl methyl sites for hydroxylation is 1. The zero-order valence-electron chi connectivity index (χ0n) is 14.7. The molecule has 1 aromatic heterocycles. The number of nitrogens with zero attached hydrogens (tertiary/aromatic N) is 3. The van der Waals surface area contributed by atoms with E-state index in [1.165, 1.54) is 0 Å². The van der Waals surface area contributed by atoms with Crippen LogP contribution in [0.4, 0.5) is 5.95 Å². The average molecular weight is 326 g/mol. The number of carbonyl (C=O) groups excluding carboxylic acids is 1. The van der Waals surface area contributed by atoms with Gasteiger partial charge in [0, 0.05) is 25.3 Å². The van der Waals surface area contributed by atoms with E-state index >= 15 is 0 Å². The first kappa shape index (κ1) is 17.9. The highest BCUT2D eigenvalue weighted by Gasteiger charge is 2.14. The zero-order valence-corrected chi connectivity index (χ0v) is 14.7. The molecule has 0 spiro atoms. The summed E-state index contributed by atoms with van der Waals surface area (Å²) in [5, 5.41) is 2.92. The lowest BCUT2D eigenvalue weighted by molar-refractivity contribution is 0.0945. The van der Waals surface area contributed by atoms with Crippen LogP contribution in [0.5, 0.6) is 0 Å². The van der Waals surface area contributed by atoms with Crippen LogP contribution in [-0.2, 0) is 6.54 Å². The third-order valence-corrected chi connectivity index (χ3v) is 3.64. The first-order valence-electron chi connectivity index (χ1n) is 8.56. The van der Waals surface area contributed by atoms with Crippen molar-refractivity contribution in [1.82, 2.24) is 15.3 Å². The van der Waals surface area contributed by atoms with E-state index in [0.717, 1.165) is 37.2 Å². The Labute approximate surface area is 144 Å². The molecule has 1 aromatic carbocycles. The molecule has 0 fully saturated rings. The highest BCUT2D eigenvalue weighted by Crippen LogP contribution is 2.12. The molecule has 0 atom stereocenters. The fourth-order valence-electron chi connectivity index (χ4n) is 2.53. The fourth-order valence-corrected chi connectivity index (χ4v) is 2.53. The van der Waals surface area contributed by atoms with E-state index in [2.05, 4.69) is 34.0 Å². The summed E-state index contributed by atoms with van der Waals surface area (Å²) in [5.41, 5.74) is 2.29. The van der Waals surface area contributed by atoms with Gasteiger partial charge in [0.25, 0.3) is 5.91 Å². The van der Waals surface area contributed by atoms with Gasteiger partial charge >= 0.3 is 0 Å². The minimum atomic E-state index is -0.168. The Hall–Kier alpha value is -2.43. The summed E-state index contributed by atoms with van der Waals surface area (Å²) in [6, 6.07) is 11.6. The maximum absolute atomic E-state index is 12.4. The van der Waals surface area contributed by atoms with E-state index in [4.69, 9.17) is 0 Å². The molecule has 0 radical (unpaired) electrons. The maximum Gasteiger partial charge on any atom is 0.270 e. The molecule has 2 rings (SSSR count). The van der Waals surface area contributed by atoms with Gasteiger partial charge in [0.1, 0.15) is 5.69 Å². The van der Waals surface area contributed by atoms with Gasteiger partial charge in [-0.3, -0.25) is 4.79 Å². The molecule has 128 valence electrons. The van der Waals surface area contributed by atoms with E-state index in [0.29, 0.717) is 18.2 Å². The summed E-state index contributed by atoms with van der Waals surface area (Å²) in [7, 11) is 0. The Morgan fingerprint density at radius 1 is 1.08 bits per heavy atom. The lowest BCUT2D eigenvalue weighted by Crippen LogP contribution is -2.29. The van der Waals surface area contributed by atoms with Crippen molar-refractivity contribution in [2.24, 2.45) is 0 Å². The van der Waals surface area contributed by atoms with Gasteiger partial charge in [-0.15, -0.1) is 0 Å². The minimum absolute atomic E-state index is 0.168. The van der Waals surface area contributed by atoms with E-state index in [-0.39, 0.29) is 5.91 Å². The van der Waals surface area contributed by atoms with Crippen LogP contribution in [0.2, 0.25) is 0 Å².